The summed E-state index contributed by atoms with van der Waals surface area (Å²) in [6, 6.07) is 0. The number of hydrogen-bond donors (Lipinski definition) is 1. The summed E-state index contributed by atoms with van der Waals surface area (Å²) in [7, 11) is 0. The van der Waals surface area contributed by atoms with E-state index in [0.29, 0.717) is 12.2 Å². The first-order chi connectivity index (χ1) is 5.27. The molecule has 0 aromatic carbocycles. The third-order valence-electron chi connectivity index (χ3n) is 1.96. The maximum Gasteiger partial charge on any atom is 0.311 e. The Labute approximate surface area is 64.0 Å². The molecular weight excluding hydrogens is 144 g/mol. The minimum absolute atomic E-state index is 0.0903. The van der Waals surface area contributed by atoms with E-state index >= 15 is 0 Å². The lowest BCUT2D eigenvalue weighted by Gasteiger charge is -2.10. The number of carbonyl (C=O) groups is 1. The SMILES string of the molecule is O=C1CC2CC=CC(O)=C2O1. The summed E-state index contributed by atoms with van der Waals surface area (Å²) in [6.45, 7) is 0. The average Bonchev–Trinajstić information content (AvgIpc) is 2.31. The predicted octanol–water partition coefficient (Wildman–Crippen LogP) is 1.28. The Hall–Kier alpha value is -1.25. The molecule has 0 amide bonds. The largest absolute Gasteiger partial charge is 0.504 e. The van der Waals surface area contributed by atoms with Crippen molar-refractivity contribution < 1.29 is 14.6 Å². The molecule has 3 heteroatoms. The minimum Gasteiger partial charge on any atom is -0.504 e. The molecule has 0 radical (unpaired) electrons. The molecule has 0 spiro atoms. The normalized spacial score (nSPS) is 28.7. The van der Waals surface area contributed by atoms with Gasteiger partial charge in [0.2, 0.25) is 0 Å². The van der Waals surface area contributed by atoms with Gasteiger partial charge in [-0.05, 0) is 12.5 Å². The molecule has 1 unspecified atom stereocenters. The number of allylic oxidation sites excluding steroid dienone is 3. The Kier molecular flexibility index (Phi) is 1.24. The van der Waals surface area contributed by atoms with Crippen LogP contribution in [0.2, 0.25) is 0 Å². The van der Waals surface area contributed by atoms with E-state index in [-0.39, 0.29) is 17.6 Å². The van der Waals surface area contributed by atoms with Gasteiger partial charge >= 0.3 is 5.97 Å². The lowest BCUT2D eigenvalue weighted by molar-refractivity contribution is -0.135. The van der Waals surface area contributed by atoms with Gasteiger partial charge in [-0.25, -0.2) is 0 Å². The van der Waals surface area contributed by atoms with E-state index in [4.69, 9.17) is 4.74 Å². The maximum atomic E-state index is 10.8. The van der Waals surface area contributed by atoms with Crippen LogP contribution in [0.1, 0.15) is 12.8 Å². The smallest absolute Gasteiger partial charge is 0.311 e. The van der Waals surface area contributed by atoms with Gasteiger partial charge in [0.1, 0.15) is 0 Å². The van der Waals surface area contributed by atoms with Gasteiger partial charge in [0, 0.05) is 5.92 Å². The predicted molar refractivity (Wildman–Crippen MR) is 37.6 cm³/mol. The quantitative estimate of drug-likeness (QED) is 0.532. The van der Waals surface area contributed by atoms with Gasteiger partial charge in [0.25, 0.3) is 0 Å². The molecule has 11 heavy (non-hydrogen) atoms. The summed E-state index contributed by atoms with van der Waals surface area (Å²) < 4.78 is 4.82. The van der Waals surface area contributed by atoms with Crippen molar-refractivity contribution in [2.24, 2.45) is 5.92 Å². The minimum atomic E-state index is -0.236. The monoisotopic (exact) mass is 152 g/mol. The number of carbonyl (C=O) groups excluding carboxylic acids is 1. The standard InChI is InChI=1S/C8H8O3/c9-6-3-1-2-5-4-7(10)11-8(5)6/h1,3,5,9H,2,4H2. The van der Waals surface area contributed by atoms with Gasteiger partial charge in [-0.3, -0.25) is 4.79 Å². The summed E-state index contributed by atoms with van der Waals surface area (Å²) in [4.78, 5) is 10.8. The van der Waals surface area contributed by atoms with Crippen LogP contribution in [0.5, 0.6) is 0 Å². The molecule has 1 aliphatic carbocycles. The van der Waals surface area contributed by atoms with Crippen molar-refractivity contribution in [1.82, 2.24) is 0 Å². The Morgan fingerprint density at radius 3 is 3.18 bits per heavy atom. The van der Waals surface area contributed by atoms with Gasteiger partial charge in [0.05, 0.1) is 6.42 Å². The Bertz CT molecular complexity index is 263. The zero-order valence-corrected chi connectivity index (χ0v) is 5.91. The van der Waals surface area contributed by atoms with Crippen LogP contribution in [-0.4, -0.2) is 11.1 Å². The summed E-state index contributed by atoms with van der Waals surface area (Å²) in [6.07, 6.45) is 4.63. The number of hydrogen-bond acceptors (Lipinski definition) is 3. The zero-order chi connectivity index (χ0) is 7.84. The van der Waals surface area contributed by atoms with E-state index in [0.717, 1.165) is 6.42 Å². The van der Waals surface area contributed by atoms with Crippen molar-refractivity contribution in [3.63, 3.8) is 0 Å². The number of ether oxygens (including phenoxy) is 1. The molecule has 58 valence electrons. The average molecular weight is 152 g/mol. The van der Waals surface area contributed by atoms with Crippen LogP contribution in [0.15, 0.2) is 23.7 Å². The summed E-state index contributed by atoms with van der Waals surface area (Å²) in [5, 5.41) is 9.21. The first kappa shape index (κ1) is 6.46. The highest BCUT2D eigenvalue weighted by Crippen LogP contribution is 2.33. The van der Waals surface area contributed by atoms with Crippen LogP contribution in [0.25, 0.3) is 0 Å². The topological polar surface area (TPSA) is 46.5 Å². The summed E-state index contributed by atoms with van der Waals surface area (Å²) >= 11 is 0. The molecule has 0 aromatic rings. The van der Waals surface area contributed by atoms with E-state index in [1.807, 2.05) is 6.08 Å². The second-order valence-corrected chi connectivity index (χ2v) is 2.76. The maximum absolute atomic E-state index is 10.8. The second kappa shape index (κ2) is 2.12. The van der Waals surface area contributed by atoms with E-state index in [1.54, 1.807) is 6.08 Å². The van der Waals surface area contributed by atoms with Crippen molar-refractivity contribution in [2.75, 3.05) is 0 Å². The molecule has 0 saturated carbocycles. The lowest BCUT2D eigenvalue weighted by atomic mass is 9.97. The number of rotatable bonds is 0. The number of aliphatic hydroxyl groups excluding tert-OH is 1. The van der Waals surface area contributed by atoms with Crippen LogP contribution in [0.3, 0.4) is 0 Å². The van der Waals surface area contributed by atoms with Crippen LogP contribution < -0.4 is 0 Å². The van der Waals surface area contributed by atoms with E-state index in [9.17, 15) is 9.90 Å². The molecule has 2 rings (SSSR count). The Balaban J connectivity index is 2.35. The number of aliphatic hydroxyl groups is 1. The first-order valence-electron chi connectivity index (χ1n) is 3.57. The van der Waals surface area contributed by atoms with Gasteiger partial charge in [-0.1, -0.05) is 6.08 Å². The summed E-state index contributed by atoms with van der Waals surface area (Å²) in [5.41, 5.74) is 0. The van der Waals surface area contributed by atoms with Crippen molar-refractivity contribution in [2.45, 2.75) is 12.8 Å². The fourth-order valence-corrected chi connectivity index (χ4v) is 1.42. The lowest BCUT2D eigenvalue weighted by Crippen LogP contribution is -2.02. The Morgan fingerprint density at radius 1 is 1.64 bits per heavy atom. The molecule has 2 aliphatic rings. The summed E-state index contributed by atoms with van der Waals surface area (Å²) in [5.74, 6) is 0.414. The van der Waals surface area contributed by atoms with Gasteiger partial charge in [-0.2, -0.15) is 0 Å². The fourth-order valence-electron chi connectivity index (χ4n) is 1.42. The van der Waals surface area contributed by atoms with Crippen molar-refractivity contribution >= 4 is 5.97 Å². The van der Waals surface area contributed by atoms with E-state index in [2.05, 4.69) is 0 Å². The number of fused-ring (bicyclic) bond motifs is 1. The molecule has 1 aliphatic heterocycles. The van der Waals surface area contributed by atoms with Crippen molar-refractivity contribution in [3.8, 4) is 0 Å². The molecule has 1 fully saturated rings. The third kappa shape index (κ3) is 0.926. The highest BCUT2D eigenvalue weighted by Gasteiger charge is 2.32. The molecule has 0 bridgehead atoms. The first-order valence-corrected chi connectivity index (χ1v) is 3.57. The van der Waals surface area contributed by atoms with Crippen LogP contribution in [-0.2, 0) is 9.53 Å². The van der Waals surface area contributed by atoms with E-state index in [1.165, 1.54) is 0 Å². The molecule has 1 atom stereocenters. The highest BCUT2D eigenvalue weighted by molar-refractivity contribution is 5.74. The molecule has 3 nitrogen and oxygen atoms in total. The molecule has 1 N–H and O–H groups in total. The van der Waals surface area contributed by atoms with Crippen LogP contribution in [0, 0.1) is 5.92 Å². The molecule has 1 heterocycles. The fraction of sp³-hybridized carbons (Fsp3) is 0.375. The van der Waals surface area contributed by atoms with Crippen LogP contribution in [0.4, 0.5) is 0 Å². The van der Waals surface area contributed by atoms with Crippen molar-refractivity contribution in [3.05, 3.63) is 23.7 Å². The zero-order valence-electron chi connectivity index (χ0n) is 5.91. The molecular formula is C8H8O3. The molecule has 0 aromatic heterocycles. The van der Waals surface area contributed by atoms with Crippen LogP contribution >= 0.6 is 0 Å². The number of esters is 1. The van der Waals surface area contributed by atoms with Gasteiger partial charge in [0.15, 0.2) is 11.5 Å². The Morgan fingerprint density at radius 2 is 2.45 bits per heavy atom. The third-order valence-corrected chi connectivity index (χ3v) is 1.96. The molecule has 1 saturated heterocycles. The van der Waals surface area contributed by atoms with E-state index < -0.39 is 0 Å². The van der Waals surface area contributed by atoms with Gasteiger partial charge < -0.3 is 9.84 Å². The second-order valence-electron chi connectivity index (χ2n) is 2.76. The highest BCUT2D eigenvalue weighted by atomic mass is 16.5. The van der Waals surface area contributed by atoms with Gasteiger partial charge in [-0.15, -0.1) is 0 Å². The van der Waals surface area contributed by atoms with Crippen molar-refractivity contribution in [1.29, 1.82) is 0 Å².